The number of benzene rings is 1. The fourth-order valence-corrected chi connectivity index (χ4v) is 4.96. The van der Waals surface area contributed by atoms with Gasteiger partial charge in [-0.25, -0.2) is 4.98 Å². The number of nitrogens with one attached hydrogen (secondary N) is 2. The highest BCUT2D eigenvalue weighted by atomic mass is 32.1. The molecule has 1 unspecified atom stereocenters. The molecule has 1 aliphatic rings. The maximum Gasteiger partial charge on any atom is 0.246 e. The predicted octanol–water partition coefficient (Wildman–Crippen LogP) is 1.58. The number of hydrogen-bond acceptors (Lipinski definition) is 7. The van der Waals surface area contributed by atoms with Gasteiger partial charge in [-0.3, -0.25) is 14.4 Å². The van der Waals surface area contributed by atoms with Crippen molar-refractivity contribution in [2.24, 2.45) is 11.1 Å². The van der Waals surface area contributed by atoms with E-state index < -0.39 is 23.6 Å². The second kappa shape index (κ2) is 11.3. The van der Waals surface area contributed by atoms with E-state index in [1.54, 1.807) is 11.3 Å². The van der Waals surface area contributed by atoms with Gasteiger partial charge in [-0.2, -0.15) is 0 Å². The van der Waals surface area contributed by atoms with Crippen LogP contribution in [-0.4, -0.2) is 64.0 Å². The molecule has 3 amide bonds. The first kappa shape index (κ1) is 26.8. The molecular weight excluding hydrogens is 466 g/mol. The fourth-order valence-electron chi connectivity index (χ4n) is 4.14. The number of carbonyl (C=O) groups is 3. The molecule has 3 atom stereocenters. The molecule has 1 aromatic heterocycles. The lowest BCUT2D eigenvalue weighted by Gasteiger charge is -2.35. The molecule has 0 aliphatic carbocycles. The zero-order valence-electron chi connectivity index (χ0n) is 20.7. The third kappa shape index (κ3) is 6.65. The van der Waals surface area contributed by atoms with E-state index in [1.807, 2.05) is 57.5 Å². The third-order valence-electron chi connectivity index (χ3n) is 6.08. The number of aliphatic hydroxyl groups excluding tert-OH is 1. The van der Waals surface area contributed by atoms with E-state index in [0.717, 1.165) is 21.7 Å². The van der Waals surface area contributed by atoms with Gasteiger partial charge >= 0.3 is 0 Å². The summed E-state index contributed by atoms with van der Waals surface area (Å²) in [6.45, 7) is 8.02. The Hall–Kier alpha value is -2.82. The summed E-state index contributed by atoms with van der Waals surface area (Å²) in [5.41, 5.74) is 9.66. The standard InChI is InChI=1S/C25H35N5O4S/c1-15-21(35-14-28-15)17-7-5-16(6-8-17)12-27-23(33)19-11-18(31)13-30(19)24(34)22(25(2,3)4)29-20(32)9-10-26/h5-8,14,18-19,22,31H,9-13,26H2,1-4H3,(H,27,33)(H,29,32)/t18-,19+,22?/m1/s1. The summed E-state index contributed by atoms with van der Waals surface area (Å²) < 4.78 is 0. The van der Waals surface area contributed by atoms with Crippen LogP contribution in [-0.2, 0) is 20.9 Å². The lowest BCUT2D eigenvalue weighted by atomic mass is 9.85. The summed E-state index contributed by atoms with van der Waals surface area (Å²) >= 11 is 1.58. The van der Waals surface area contributed by atoms with Crippen LogP contribution in [0.5, 0.6) is 0 Å². The van der Waals surface area contributed by atoms with Gasteiger partial charge in [-0.1, -0.05) is 45.0 Å². The molecule has 9 nitrogen and oxygen atoms in total. The summed E-state index contributed by atoms with van der Waals surface area (Å²) in [5.74, 6) is -1.04. The maximum atomic E-state index is 13.4. The lowest BCUT2D eigenvalue weighted by molar-refractivity contribution is -0.144. The molecule has 1 aliphatic heterocycles. The van der Waals surface area contributed by atoms with Gasteiger partial charge in [0.2, 0.25) is 17.7 Å². The van der Waals surface area contributed by atoms with Gasteiger partial charge in [0.05, 0.1) is 22.2 Å². The molecule has 5 N–H and O–H groups in total. The van der Waals surface area contributed by atoms with E-state index in [4.69, 9.17) is 5.73 Å². The van der Waals surface area contributed by atoms with Gasteiger partial charge in [-0.15, -0.1) is 11.3 Å². The molecule has 2 aromatic rings. The molecule has 0 bridgehead atoms. The van der Waals surface area contributed by atoms with Crippen LogP contribution in [0.1, 0.15) is 44.9 Å². The van der Waals surface area contributed by atoms with Crippen LogP contribution < -0.4 is 16.4 Å². The Morgan fingerprint density at radius 3 is 2.51 bits per heavy atom. The van der Waals surface area contributed by atoms with E-state index in [-0.39, 0.29) is 43.7 Å². The molecule has 3 rings (SSSR count). The summed E-state index contributed by atoms with van der Waals surface area (Å²) in [5, 5.41) is 15.9. The first-order valence-corrected chi connectivity index (χ1v) is 12.6. The number of hydrogen-bond donors (Lipinski definition) is 4. The van der Waals surface area contributed by atoms with Crippen molar-refractivity contribution < 1.29 is 19.5 Å². The Labute approximate surface area is 210 Å². The van der Waals surface area contributed by atoms with Crippen molar-refractivity contribution >= 4 is 29.1 Å². The van der Waals surface area contributed by atoms with Crippen LogP contribution in [0.4, 0.5) is 0 Å². The highest BCUT2D eigenvalue weighted by Crippen LogP contribution is 2.28. The number of likely N-dealkylation sites (tertiary alicyclic amines) is 1. The topological polar surface area (TPSA) is 138 Å². The Balaban J connectivity index is 1.67. The largest absolute Gasteiger partial charge is 0.391 e. The smallest absolute Gasteiger partial charge is 0.246 e. The van der Waals surface area contributed by atoms with E-state index in [1.165, 1.54) is 4.90 Å². The molecule has 0 spiro atoms. The molecule has 35 heavy (non-hydrogen) atoms. The number of aryl methyl sites for hydroxylation is 1. The highest BCUT2D eigenvalue weighted by molar-refractivity contribution is 7.13. The van der Waals surface area contributed by atoms with Gasteiger partial charge in [0, 0.05) is 32.5 Å². The van der Waals surface area contributed by atoms with Crippen LogP contribution in [0.2, 0.25) is 0 Å². The quantitative estimate of drug-likeness (QED) is 0.433. The average Bonchev–Trinajstić information content (AvgIpc) is 3.40. The van der Waals surface area contributed by atoms with Crippen LogP contribution in [0.15, 0.2) is 29.8 Å². The van der Waals surface area contributed by atoms with Crippen molar-refractivity contribution in [1.29, 1.82) is 0 Å². The number of carbonyl (C=O) groups excluding carboxylic acids is 3. The van der Waals surface area contributed by atoms with Gasteiger partial charge in [0.25, 0.3) is 0 Å². The molecule has 1 aromatic carbocycles. The van der Waals surface area contributed by atoms with Crippen molar-refractivity contribution in [2.45, 2.75) is 65.3 Å². The average molecular weight is 502 g/mol. The number of nitrogens with two attached hydrogens (primary N) is 1. The van der Waals surface area contributed by atoms with Crippen molar-refractivity contribution in [1.82, 2.24) is 20.5 Å². The van der Waals surface area contributed by atoms with E-state index in [2.05, 4.69) is 15.6 Å². The van der Waals surface area contributed by atoms with Crippen molar-refractivity contribution in [3.05, 3.63) is 41.0 Å². The van der Waals surface area contributed by atoms with E-state index in [0.29, 0.717) is 6.54 Å². The second-order valence-corrected chi connectivity index (χ2v) is 10.8. The third-order valence-corrected chi connectivity index (χ3v) is 7.06. The molecule has 10 heteroatoms. The predicted molar refractivity (Wildman–Crippen MR) is 135 cm³/mol. The molecule has 2 heterocycles. The number of β-amino-alcohol motifs (C(OH)–C–C–N with tert-alkyl or cyclic N) is 1. The lowest BCUT2D eigenvalue weighted by Crippen LogP contribution is -2.57. The summed E-state index contributed by atoms with van der Waals surface area (Å²) in [6, 6.07) is 6.23. The van der Waals surface area contributed by atoms with E-state index >= 15 is 0 Å². The van der Waals surface area contributed by atoms with Gasteiger partial charge < -0.3 is 26.4 Å². The summed E-state index contributed by atoms with van der Waals surface area (Å²) in [7, 11) is 0. The highest BCUT2D eigenvalue weighted by Gasteiger charge is 2.44. The maximum absolute atomic E-state index is 13.4. The second-order valence-electron chi connectivity index (χ2n) is 9.98. The molecule has 0 saturated carbocycles. The number of aromatic nitrogens is 1. The number of rotatable bonds is 8. The first-order valence-electron chi connectivity index (χ1n) is 11.8. The first-order chi connectivity index (χ1) is 16.5. The Morgan fingerprint density at radius 2 is 1.94 bits per heavy atom. The molecular formula is C25H35N5O4S. The van der Waals surface area contributed by atoms with Crippen molar-refractivity contribution in [2.75, 3.05) is 13.1 Å². The summed E-state index contributed by atoms with van der Waals surface area (Å²) in [6.07, 6.45) is -0.556. The minimum absolute atomic E-state index is 0.0408. The zero-order chi connectivity index (χ0) is 25.8. The molecule has 1 saturated heterocycles. The molecule has 0 radical (unpaired) electrons. The fraction of sp³-hybridized carbons (Fsp3) is 0.520. The minimum Gasteiger partial charge on any atom is -0.391 e. The summed E-state index contributed by atoms with van der Waals surface area (Å²) in [4.78, 5) is 45.4. The van der Waals surface area contributed by atoms with E-state index in [9.17, 15) is 19.5 Å². The van der Waals surface area contributed by atoms with Crippen LogP contribution in [0.3, 0.4) is 0 Å². The monoisotopic (exact) mass is 501 g/mol. The number of thiazole rings is 1. The van der Waals surface area contributed by atoms with Gasteiger partial charge in [0.1, 0.15) is 12.1 Å². The number of aliphatic hydroxyl groups is 1. The molecule has 1 fully saturated rings. The normalized spacial score (nSPS) is 18.9. The van der Waals surface area contributed by atoms with Gasteiger partial charge in [0.15, 0.2) is 0 Å². The SMILES string of the molecule is Cc1ncsc1-c1ccc(CNC(=O)[C@@H]2C[C@@H](O)CN2C(=O)C(NC(=O)CCN)C(C)(C)C)cc1. The Kier molecular flexibility index (Phi) is 8.63. The number of amides is 3. The molecule has 190 valence electrons. The number of nitrogens with zero attached hydrogens (tertiary/aromatic N) is 2. The van der Waals surface area contributed by atoms with Crippen molar-refractivity contribution in [3.63, 3.8) is 0 Å². The zero-order valence-corrected chi connectivity index (χ0v) is 21.5. The van der Waals surface area contributed by atoms with Crippen LogP contribution in [0, 0.1) is 12.3 Å². The van der Waals surface area contributed by atoms with Gasteiger partial charge in [-0.05, 0) is 23.5 Å². The van der Waals surface area contributed by atoms with Crippen LogP contribution >= 0.6 is 11.3 Å². The van der Waals surface area contributed by atoms with Crippen LogP contribution in [0.25, 0.3) is 10.4 Å². The Bertz CT molecular complexity index is 1050. The van der Waals surface area contributed by atoms with Crippen molar-refractivity contribution in [3.8, 4) is 10.4 Å². The minimum atomic E-state index is -0.843. The Morgan fingerprint density at radius 1 is 1.26 bits per heavy atom.